The summed E-state index contributed by atoms with van der Waals surface area (Å²) in [5.41, 5.74) is 1.05. The molecule has 0 unspecified atom stereocenters. The third-order valence-electron chi connectivity index (χ3n) is 4.24. The topological polar surface area (TPSA) is 94.3 Å². The van der Waals surface area contributed by atoms with Crippen LogP contribution >= 0.6 is 15.9 Å². The van der Waals surface area contributed by atoms with Crippen molar-refractivity contribution < 1.29 is 17.7 Å². The number of nitrogens with one attached hydrogen (secondary N) is 1. The second kappa shape index (κ2) is 7.56. The zero-order valence-corrected chi connectivity index (χ0v) is 17.5. The molecule has 0 radical (unpaired) electrons. The lowest BCUT2D eigenvalue weighted by Crippen LogP contribution is -2.14. The van der Waals surface area contributed by atoms with Crippen LogP contribution in [0.1, 0.15) is 31.5 Å². The second-order valence-electron chi connectivity index (χ2n) is 6.44. The van der Waals surface area contributed by atoms with E-state index in [2.05, 4.69) is 30.8 Å². The van der Waals surface area contributed by atoms with Crippen molar-refractivity contribution in [2.75, 3.05) is 11.3 Å². The molecule has 0 bridgehead atoms. The molecule has 1 aromatic heterocycles. The minimum atomic E-state index is -3.86. The van der Waals surface area contributed by atoms with Gasteiger partial charge in [0.15, 0.2) is 5.82 Å². The number of hydrogen-bond donors (Lipinski definition) is 1. The minimum absolute atomic E-state index is 0.0583. The predicted molar refractivity (Wildman–Crippen MR) is 108 cm³/mol. The smallest absolute Gasteiger partial charge is 0.265 e. The summed E-state index contributed by atoms with van der Waals surface area (Å²) in [6, 6.07) is 11.7. The van der Waals surface area contributed by atoms with E-state index in [-0.39, 0.29) is 4.90 Å². The maximum Gasteiger partial charge on any atom is 0.265 e. The molecule has 4 rings (SSSR count). The molecule has 0 atom stereocenters. The summed E-state index contributed by atoms with van der Waals surface area (Å²) < 4.78 is 39.9. The van der Waals surface area contributed by atoms with Crippen LogP contribution in [0.5, 0.6) is 5.75 Å². The number of sulfonamides is 1. The van der Waals surface area contributed by atoms with Gasteiger partial charge in [-0.15, -0.1) is 0 Å². The van der Waals surface area contributed by atoms with E-state index < -0.39 is 10.0 Å². The fourth-order valence-corrected chi connectivity index (χ4v) is 4.49. The van der Waals surface area contributed by atoms with Gasteiger partial charge in [0.1, 0.15) is 10.6 Å². The zero-order valence-electron chi connectivity index (χ0n) is 15.1. The Hall–Kier alpha value is -2.39. The summed E-state index contributed by atoms with van der Waals surface area (Å²) >= 11 is 3.31. The molecule has 0 saturated heterocycles. The average Bonchev–Trinajstić information content (AvgIpc) is 3.40. The van der Waals surface area contributed by atoms with Gasteiger partial charge in [-0.2, -0.15) is 4.98 Å². The van der Waals surface area contributed by atoms with Gasteiger partial charge >= 0.3 is 0 Å². The number of halogens is 1. The molecular formula is C19H18BrN3O4S. The Morgan fingerprint density at radius 2 is 2.07 bits per heavy atom. The van der Waals surface area contributed by atoms with Gasteiger partial charge in [0, 0.05) is 21.6 Å². The van der Waals surface area contributed by atoms with Gasteiger partial charge in [-0.1, -0.05) is 27.2 Å². The monoisotopic (exact) mass is 463 g/mol. The van der Waals surface area contributed by atoms with Crippen LogP contribution in [-0.2, 0) is 10.0 Å². The van der Waals surface area contributed by atoms with Crippen molar-refractivity contribution in [1.29, 1.82) is 0 Å². The predicted octanol–water partition coefficient (Wildman–Crippen LogP) is 4.58. The molecule has 3 aromatic rings. The van der Waals surface area contributed by atoms with Gasteiger partial charge in [-0.3, -0.25) is 4.72 Å². The molecule has 1 N–H and O–H groups in total. The largest absolute Gasteiger partial charge is 0.492 e. The SMILES string of the molecule is CCOc1ccc(Br)cc1S(=O)(=O)Nc1cccc(-c2nc(C3CC3)no2)c1. The lowest BCUT2D eigenvalue weighted by Gasteiger charge is -2.13. The lowest BCUT2D eigenvalue weighted by molar-refractivity contribution is 0.331. The third-order valence-corrected chi connectivity index (χ3v) is 6.14. The van der Waals surface area contributed by atoms with Crippen LogP contribution in [0.3, 0.4) is 0 Å². The molecule has 28 heavy (non-hydrogen) atoms. The van der Waals surface area contributed by atoms with E-state index in [0.717, 1.165) is 12.8 Å². The molecule has 7 nitrogen and oxygen atoms in total. The number of benzene rings is 2. The fraction of sp³-hybridized carbons (Fsp3) is 0.263. The van der Waals surface area contributed by atoms with Crippen LogP contribution in [-0.4, -0.2) is 25.2 Å². The summed E-state index contributed by atoms with van der Waals surface area (Å²) in [6.07, 6.45) is 2.15. The number of anilines is 1. The first-order valence-electron chi connectivity index (χ1n) is 8.85. The van der Waals surface area contributed by atoms with E-state index in [1.54, 1.807) is 43.3 Å². The van der Waals surface area contributed by atoms with Crippen molar-refractivity contribution in [3.63, 3.8) is 0 Å². The van der Waals surface area contributed by atoms with E-state index in [4.69, 9.17) is 9.26 Å². The Labute approximate surface area is 171 Å². The van der Waals surface area contributed by atoms with Gasteiger partial charge < -0.3 is 9.26 Å². The second-order valence-corrected chi connectivity index (χ2v) is 9.01. The lowest BCUT2D eigenvalue weighted by atomic mass is 10.2. The van der Waals surface area contributed by atoms with Crippen molar-refractivity contribution in [1.82, 2.24) is 10.1 Å². The van der Waals surface area contributed by atoms with Crippen LogP contribution in [0, 0.1) is 0 Å². The van der Waals surface area contributed by atoms with Crippen LogP contribution in [0.2, 0.25) is 0 Å². The summed E-state index contributed by atoms with van der Waals surface area (Å²) in [6.45, 7) is 2.16. The van der Waals surface area contributed by atoms with Gasteiger partial charge in [-0.05, 0) is 56.2 Å². The highest BCUT2D eigenvalue weighted by atomic mass is 79.9. The molecular weight excluding hydrogens is 446 g/mol. The molecule has 2 aromatic carbocycles. The fourth-order valence-electron chi connectivity index (χ4n) is 2.75. The molecule has 1 heterocycles. The molecule has 0 aliphatic heterocycles. The van der Waals surface area contributed by atoms with Crippen LogP contribution in [0.15, 0.2) is 56.4 Å². The van der Waals surface area contributed by atoms with Crippen molar-refractivity contribution in [2.45, 2.75) is 30.6 Å². The Bertz CT molecular complexity index is 1110. The van der Waals surface area contributed by atoms with Crippen LogP contribution in [0.4, 0.5) is 5.69 Å². The Balaban J connectivity index is 1.62. The molecule has 146 valence electrons. The first-order valence-corrected chi connectivity index (χ1v) is 11.1. The standard InChI is InChI=1S/C19H18BrN3O4S/c1-2-26-16-9-8-14(20)11-17(16)28(24,25)23-15-5-3-4-13(10-15)19-21-18(22-27-19)12-6-7-12/h3-5,8-12,23H,2,6-7H2,1H3. The first-order chi connectivity index (χ1) is 13.5. The van der Waals surface area contributed by atoms with Gasteiger partial charge in [-0.25, -0.2) is 8.42 Å². The summed E-state index contributed by atoms with van der Waals surface area (Å²) in [7, 11) is -3.86. The summed E-state index contributed by atoms with van der Waals surface area (Å²) in [4.78, 5) is 4.47. The number of ether oxygens (including phenoxy) is 1. The summed E-state index contributed by atoms with van der Waals surface area (Å²) in [5, 5.41) is 4.00. The first kappa shape index (κ1) is 18.9. The molecule has 1 aliphatic rings. The van der Waals surface area contributed by atoms with E-state index >= 15 is 0 Å². The van der Waals surface area contributed by atoms with Crippen LogP contribution < -0.4 is 9.46 Å². The maximum atomic E-state index is 12.9. The highest BCUT2D eigenvalue weighted by molar-refractivity contribution is 9.10. The van der Waals surface area contributed by atoms with E-state index in [1.165, 1.54) is 6.07 Å². The molecule has 0 amide bonds. The number of nitrogens with zero attached hydrogens (tertiary/aromatic N) is 2. The van der Waals surface area contributed by atoms with Gasteiger partial charge in [0.05, 0.1) is 6.61 Å². The van der Waals surface area contributed by atoms with Crippen molar-refractivity contribution in [3.05, 3.63) is 52.8 Å². The maximum absolute atomic E-state index is 12.9. The zero-order chi connectivity index (χ0) is 19.7. The third kappa shape index (κ3) is 4.05. The normalized spacial score (nSPS) is 14.1. The van der Waals surface area contributed by atoms with E-state index in [1.807, 2.05) is 0 Å². The molecule has 9 heteroatoms. The van der Waals surface area contributed by atoms with Gasteiger partial charge in [0.2, 0.25) is 0 Å². The molecule has 1 aliphatic carbocycles. The van der Waals surface area contributed by atoms with Crippen molar-refractivity contribution >= 4 is 31.6 Å². The number of rotatable bonds is 7. The van der Waals surface area contributed by atoms with E-state index in [9.17, 15) is 8.42 Å². The highest BCUT2D eigenvalue weighted by Crippen LogP contribution is 2.39. The Morgan fingerprint density at radius 1 is 1.25 bits per heavy atom. The Morgan fingerprint density at radius 3 is 2.82 bits per heavy atom. The van der Waals surface area contributed by atoms with Gasteiger partial charge in [0.25, 0.3) is 15.9 Å². The highest BCUT2D eigenvalue weighted by Gasteiger charge is 2.29. The summed E-state index contributed by atoms with van der Waals surface area (Å²) in [5.74, 6) is 1.75. The van der Waals surface area contributed by atoms with Crippen LogP contribution in [0.25, 0.3) is 11.5 Å². The quantitative estimate of drug-likeness (QED) is 0.550. The Kier molecular flexibility index (Phi) is 5.11. The molecule has 0 spiro atoms. The number of hydrogen-bond acceptors (Lipinski definition) is 6. The molecule has 1 fully saturated rings. The van der Waals surface area contributed by atoms with Crippen molar-refractivity contribution in [2.24, 2.45) is 0 Å². The minimum Gasteiger partial charge on any atom is -0.492 e. The number of aromatic nitrogens is 2. The molecule has 1 saturated carbocycles. The van der Waals surface area contributed by atoms with E-state index in [0.29, 0.717) is 45.7 Å². The van der Waals surface area contributed by atoms with Crippen molar-refractivity contribution in [3.8, 4) is 17.2 Å². The average molecular weight is 464 g/mol.